The molecule has 11 heavy (non-hydrogen) atoms. The first-order valence-electron chi connectivity index (χ1n) is 3.15. The first-order valence-corrected chi connectivity index (χ1v) is 3.94. The summed E-state index contributed by atoms with van der Waals surface area (Å²) in [6, 6.07) is 5.49. The maximum absolute atomic E-state index is 11.0. The third kappa shape index (κ3) is 1.01. The van der Waals surface area contributed by atoms with Crippen LogP contribution in [0.5, 0.6) is 0 Å². The molecule has 0 N–H and O–H groups in total. The van der Waals surface area contributed by atoms with Gasteiger partial charge in [0.25, 0.3) is 5.91 Å². The van der Waals surface area contributed by atoms with Crippen molar-refractivity contribution in [3.63, 3.8) is 0 Å². The minimum Gasteiger partial charge on any atom is -0.267 e. The lowest BCUT2D eigenvalue weighted by Crippen LogP contribution is -1.90. The summed E-state index contributed by atoms with van der Waals surface area (Å²) < 4.78 is 0.970. The minimum absolute atomic E-state index is 0.146. The number of hydrogen-bond acceptors (Lipinski definition) is 1. The van der Waals surface area contributed by atoms with E-state index < -0.39 is 0 Å². The highest BCUT2D eigenvalue weighted by atomic mass is 79.9. The predicted octanol–water partition coefficient (Wildman–Crippen LogP) is 2.02. The summed E-state index contributed by atoms with van der Waals surface area (Å²) in [5.74, 6) is -0.146. The Hall–Kier alpha value is -0.960. The van der Waals surface area contributed by atoms with E-state index in [4.69, 9.17) is 0 Å². The van der Waals surface area contributed by atoms with Crippen LogP contribution in [-0.4, -0.2) is 12.1 Å². The number of halogens is 1. The van der Waals surface area contributed by atoms with Crippen LogP contribution in [0, 0.1) is 0 Å². The smallest absolute Gasteiger partial charge is 0.267 e. The van der Waals surface area contributed by atoms with E-state index in [-0.39, 0.29) is 5.91 Å². The number of fused-ring (bicyclic) bond motifs is 1. The maximum atomic E-state index is 11.0. The van der Waals surface area contributed by atoms with Gasteiger partial charge in [-0.25, -0.2) is 4.99 Å². The normalized spacial score (nSPS) is 13.7. The standard InChI is InChI=1S/C8H4BrNO/c9-6-1-2-7-5(3-6)4-10-8(7)11/h1-4H. The average molecular weight is 210 g/mol. The summed E-state index contributed by atoms with van der Waals surface area (Å²) in [6.07, 6.45) is 1.59. The van der Waals surface area contributed by atoms with Crippen LogP contribution in [0.2, 0.25) is 0 Å². The molecule has 0 bridgehead atoms. The molecule has 1 aromatic rings. The molecule has 1 amide bonds. The molecular weight excluding hydrogens is 206 g/mol. The highest BCUT2D eigenvalue weighted by Gasteiger charge is 2.14. The number of aliphatic imine (C=N–C) groups is 1. The highest BCUT2D eigenvalue weighted by molar-refractivity contribution is 9.10. The van der Waals surface area contributed by atoms with Gasteiger partial charge in [-0.3, -0.25) is 4.79 Å². The van der Waals surface area contributed by atoms with Gasteiger partial charge >= 0.3 is 0 Å². The van der Waals surface area contributed by atoms with Crippen molar-refractivity contribution in [3.8, 4) is 0 Å². The van der Waals surface area contributed by atoms with Gasteiger partial charge in [0.1, 0.15) is 0 Å². The monoisotopic (exact) mass is 209 g/mol. The molecule has 0 radical (unpaired) electrons. The van der Waals surface area contributed by atoms with Crippen molar-refractivity contribution in [2.24, 2.45) is 4.99 Å². The molecule has 0 fully saturated rings. The van der Waals surface area contributed by atoms with Crippen LogP contribution in [0.25, 0.3) is 0 Å². The van der Waals surface area contributed by atoms with Crippen LogP contribution < -0.4 is 0 Å². The summed E-state index contributed by atoms with van der Waals surface area (Å²) >= 11 is 3.31. The molecule has 0 spiro atoms. The largest absolute Gasteiger partial charge is 0.277 e. The zero-order chi connectivity index (χ0) is 7.84. The van der Waals surface area contributed by atoms with Crippen molar-refractivity contribution in [1.82, 2.24) is 0 Å². The molecule has 1 aromatic carbocycles. The summed E-state index contributed by atoms with van der Waals surface area (Å²) in [5.41, 5.74) is 1.58. The molecule has 3 heteroatoms. The SMILES string of the molecule is O=C1N=Cc2cc(Br)ccc21. The summed E-state index contributed by atoms with van der Waals surface area (Å²) in [5, 5.41) is 0. The van der Waals surface area contributed by atoms with Gasteiger partial charge in [-0.05, 0) is 18.2 Å². The molecular formula is C8H4BrNO. The van der Waals surface area contributed by atoms with Gasteiger partial charge in [0.05, 0.1) is 5.56 Å². The highest BCUT2D eigenvalue weighted by Crippen LogP contribution is 2.19. The summed E-state index contributed by atoms with van der Waals surface area (Å²) in [6.45, 7) is 0. The molecule has 0 aromatic heterocycles. The number of rotatable bonds is 0. The van der Waals surface area contributed by atoms with Crippen LogP contribution >= 0.6 is 15.9 Å². The van der Waals surface area contributed by atoms with Gasteiger partial charge in [0, 0.05) is 16.3 Å². The number of carbonyl (C=O) groups is 1. The maximum Gasteiger partial charge on any atom is 0.277 e. The van der Waals surface area contributed by atoms with E-state index in [0.29, 0.717) is 5.56 Å². The first-order chi connectivity index (χ1) is 5.27. The van der Waals surface area contributed by atoms with Crippen LogP contribution in [0.15, 0.2) is 27.7 Å². The second-order valence-corrected chi connectivity index (χ2v) is 3.21. The Bertz CT molecular complexity index is 357. The third-order valence-electron chi connectivity index (χ3n) is 1.56. The lowest BCUT2D eigenvalue weighted by molar-refractivity contribution is 0.101. The van der Waals surface area contributed by atoms with Gasteiger partial charge in [-0.2, -0.15) is 0 Å². The third-order valence-corrected chi connectivity index (χ3v) is 2.06. The Kier molecular flexibility index (Phi) is 1.39. The molecule has 54 valence electrons. The predicted molar refractivity (Wildman–Crippen MR) is 46.1 cm³/mol. The summed E-state index contributed by atoms with van der Waals surface area (Å²) in [7, 11) is 0. The van der Waals surface area contributed by atoms with Crippen molar-refractivity contribution in [2.75, 3.05) is 0 Å². The number of hydrogen-bond donors (Lipinski definition) is 0. The van der Waals surface area contributed by atoms with Gasteiger partial charge < -0.3 is 0 Å². The minimum atomic E-state index is -0.146. The first kappa shape index (κ1) is 6.73. The Morgan fingerprint density at radius 1 is 1.36 bits per heavy atom. The fraction of sp³-hybridized carbons (Fsp3) is 0. The van der Waals surface area contributed by atoms with Crippen LogP contribution in [0.1, 0.15) is 15.9 Å². The van der Waals surface area contributed by atoms with Crippen molar-refractivity contribution in [3.05, 3.63) is 33.8 Å². The Morgan fingerprint density at radius 3 is 3.00 bits per heavy atom. The van der Waals surface area contributed by atoms with Crippen LogP contribution in [-0.2, 0) is 0 Å². The quantitative estimate of drug-likeness (QED) is 0.644. The molecule has 0 saturated heterocycles. The van der Waals surface area contributed by atoms with Crippen LogP contribution in [0.4, 0.5) is 0 Å². The zero-order valence-corrected chi connectivity index (χ0v) is 7.13. The Labute approximate surface area is 72.1 Å². The van der Waals surface area contributed by atoms with E-state index >= 15 is 0 Å². The average Bonchev–Trinajstić information content (AvgIpc) is 2.32. The van der Waals surface area contributed by atoms with Gasteiger partial charge in [-0.1, -0.05) is 15.9 Å². The van der Waals surface area contributed by atoms with Crippen molar-refractivity contribution in [1.29, 1.82) is 0 Å². The molecule has 1 aliphatic heterocycles. The van der Waals surface area contributed by atoms with Gasteiger partial charge in [-0.15, -0.1) is 0 Å². The fourth-order valence-corrected chi connectivity index (χ4v) is 1.41. The van der Waals surface area contributed by atoms with Crippen molar-refractivity contribution in [2.45, 2.75) is 0 Å². The van der Waals surface area contributed by atoms with Gasteiger partial charge in [0.15, 0.2) is 0 Å². The van der Waals surface area contributed by atoms with Crippen LogP contribution in [0.3, 0.4) is 0 Å². The molecule has 1 heterocycles. The molecule has 0 saturated carbocycles. The van der Waals surface area contributed by atoms with E-state index in [2.05, 4.69) is 20.9 Å². The van der Waals surface area contributed by atoms with E-state index in [1.165, 1.54) is 0 Å². The molecule has 2 rings (SSSR count). The van der Waals surface area contributed by atoms with Gasteiger partial charge in [0.2, 0.25) is 0 Å². The zero-order valence-electron chi connectivity index (χ0n) is 5.54. The Morgan fingerprint density at radius 2 is 2.18 bits per heavy atom. The van der Waals surface area contributed by atoms with E-state index in [9.17, 15) is 4.79 Å². The Balaban J connectivity index is 2.66. The molecule has 2 nitrogen and oxygen atoms in total. The second kappa shape index (κ2) is 2.27. The van der Waals surface area contributed by atoms with Crippen molar-refractivity contribution < 1.29 is 4.79 Å². The molecule has 0 atom stereocenters. The number of carbonyl (C=O) groups excluding carboxylic acids is 1. The second-order valence-electron chi connectivity index (χ2n) is 2.29. The molecule has 0 aliphatic carbocycles. The number of nitrogens with zero attached hydrogens (tertiary/aromatic N) is 1. The summed E-state index contributed by atoms with van der Waals surface area (Å²) in [4.78, 5) is 14.6. The lowest BCUT2D eigenvalue weighted by Gasteiger charge is -1.94. The molecule has 1 aliphatic rings. The van der Waals surface area contributed by atoms with E-state index in [1.54, 1.807) is 12.3 Å². The van der Waals surface area contributed by atoms with E-state index in [0.717, 1.165) is 10.0 Å². The van der Waals surface area contributed by atoms with Crippen molar-refractivity contribution >= 4 is 28.1 Å². The topological polar surface area (TPSA) is 29.4 Å². The lowest BCUT2D eigenvalue weighted by atomic mass is 10.1. The number of amides is 1. The fourth-order valence-electron chi connectivity index (χ4n) is 1.03. The van der Waals surface area contributed by atoms with E-state index in [1.807, 2.05) is 12.1 Å². The molecule has 0 unspecified atom stereocenters. The number of benzene rings is 1.